The highest BCUT2D eigenvalue weighted by Crippen LogP contribution is 2.15. The average Bonchev–Trinajstić information content (AvgIpc) is 2.80. The Kier molecular flexibility index (Phi) is 11.1. The van der Waals surface area contributed by atoms with Gasteiger partial charge in [-0.1, -0.05) is 64.7 Å². The van der Waals surface area contributed by atoms with Crippen molar-refractivity contribution in [2.24, 2.45) is 0 Å². The van der Waals surface area contributed by atoms with E-state index >= 15 is 0 Å². The molecule has 0 aliphatic carbocycles. The maximum Gasteiger partial charge on any atom is 0.110 e. The van der Waals surface area contributed by atoms with Gasteiger partial charge in [-0.3, -0.25) is 0 Å². The third-order valence-corrected chi connectivity index (χ3v) is 4.18. The Morgan fingerprint density at radius 1 is 0.905 bits per heavy atom. The number of ether oxygens (including phenoxy) is 2. The summed E-state index contributed by atoms with van der Waals surface area (Å²) in [5.41, 5.74) is 0. The quantitative estimate of drug-likeness (QED) is 0.513. The molecule has 1 aliphatic heterocycles. The first kappa shape index (κ1) is 18.9. The van der Waals surface area contributed by atoms with Crippen LogP contribution in [0.4, 0.5) is 0 Å². The zero-order valence-electron chi connectivity index (χ0n) is 13.6. The van der Waals surface area contributed by atoms with Crippen LogP contribution in [-0.4, -0.2) is 48.3 Å². The van der Waals surface area contributed by atoms with Crippen LogP contribution in [0.2, 0.25) is 0 Å². The van der Waals surface area contributed by atoms with E-state index in [1.165, 1.54) is 57.8 Å². The average molecular weight is 302 g/mol. The van der Waals surface area contributed by atoms with E-state index in [-0.39, 0.29) is 12.7 Å². The lowest BCUT2D eigenvalue weighted by Gasteiger charge is -2.14. The van der Waals surface area contributed by atoms with E-state index < -0.39 is 12.2 Å². The van der Waals surface area contributed by atoms with Gasteiger partial charge in [0.25, 0.3) is 0 Å². The summed E-state index contributed by atoms with van der Waals surface area (Å²) in [7, 11) is 0. The third kappa shape index (κ3) is 8.77. The molecule has 21 heavy (non-hydrogen) atoms. The maximum absolute atomic E-state index is 9.58. The normalized spacial score (nSPS) is 25.6. The number of hydrogen-bond donors (Lipinski definition) is 2. The van der Waals surface area contributed by atoms with Gasteiger partial charge in [0.05, 0.1) is 13.2 Å². The SMILES string of the molecule is CCCCCCCCCCCCOCC1OCC(O)C1O. The second-order valence-electron chi connectivity index (χ2n) is 6.19. The lowest BCUT2D eigenvalue weighted by atomic mass is 10.1. The van der Waals surface area contributed by atoms with Gasteiger partial charge < -0.3 is 19.7 Å². The van der Waals surface area contributed by atoms with Gasteiger partial charge in [0.15, 0.2) is 0 Å². The van der Waals surface area contributed by atoms with Gasteiger partial charge in [-0.25, -0.2) is 0 Å². The van der Waals surface area contributed by atoms with Crippen LogP contribution in [0.15, 0.2) is 0 Å². The number of unbranched alkanes of at least 4 members (excludes halogenated alkanes) is 9. The summed E-state index contributed by atoms with van der Waals surface area (Å²) in [5.74, 6) is 0. The van der Waals surface area contributed by atoms with Crippen molar-refractivity contribution in [3.8, 4) is 0 Å². The maximum atomic E-state index is 9.58. The Bertz CT molecular complexity index is 235. The molecule has 1 saturated heterocycles. The molecule has 1 rings (SSSR count). The van der Waals surface area contributed by atoms with E-state index in [4.69, 9.17) is 9.47 Å². The molecular weight excluding hydrogens is 268 g/mol. The van der Waals surface area contributed by atoms with Crippen LogP contribution in [0.5, 0.6) is 0 Å². The van der Waals surface area contributed by atoms with Gasteiger partial charge in [-0.2, -0.15) is 0 Å². The molecule has 1 fully saturated rings. The molecule has 0 spiro atoms. The van der Waals surface area contributed by atoms with Crippen LogP contribution in [0, 0.1) is 0 Å². The molecule has 126 valence electrons. The summed E-state index contributed by atoms with van der Waals surface area (Å²) in [4.78, 5) is 0. The minimum atomic E-state index is -0.794. The molecule has 0 saturated carbocycles. The van der Waals surface area contributed by atoms with Gasteiger partial charge >= 0.3 is 0 Å². The van der Waals surface area contributed by atoms with Crippen molar-refractivity contribution >= 4 is 0 Å². The molecule has 0 radical (unpaired) electrons. The van der Waals surface area contributed by atoms with Crippen molar-refractivity contribution in [3.05, 3.63) is 0 Å². The summed E-state index contributed by atoms with van der Waals surface area (Å²) < 4.78 is 10.8. The Labute approximate surface area is 129 Å². The Morgan fingerprint density at radius 3 is 2.00 bits per heavy atom. The van der Waals surface area contributed by atoms with Crippen molar-refractivity contribution in [1.82, 2.24) is 0 Å². The Hall–Kier alpha value is -0.160. The van der Waals surface area contributed by atoms with Gasteiger partial charge in [0.2, 0.25) is 0 Å². The topological polar surface area (TPSA) is 58.9 Å². The molecule has 0 aromatic rings. The summed E-state index contributed by atoms with van der Waals surface area (Å²) in [5, 5.41) is 18.9. The summed E-state index contributed by atoms with van der Waals surface area (Å²) in [6.07, 6.45) is 11.3. The predicted molar refractivity (Wildman–Crippen MR) is 84.4 cm³/mol. The molecular formula is C17H34O4. The summed E-state index contributed by atoms with van der Waals surface area (Å²) in [6.45, 7) is 3.58. The van der Waals surface area contributed by atoms with Gasteiger partial charge in [0, 0.05) is 6.61 Å². The molecule has 1 aliphatic rings. The minimum absolute atomic E-state index is 0.216. The standard InChI is InChI=1S/C17H34O4/c1-2-3-4-5-6-7-8-9-10-11-12-20-14-16-17(19)15(18)13-21-16/h15-19H,2-14H2,1H3. The highest BCUT2D eigenvalue weighted by atomic mass is 16.6. The van der Waals surface area contributed by atoms with Gasteiger partial charge in [0.1, 0.15) is 18.3 Å². The molecule has 3 atom stereocenters. The zero-order chi connectivity index (χ0) is 15.3. The molecule has 0 bridgehead atoms. The van der Waals surface area contributed by atoms with Crippen molar-refractivity contribution < 1.29 is 19.7 Å². The molecule has 3 unspecified atom stereocenters. The monoisotopic (exact) mass is 302 g/mol. The lowest BCUT2D eigenvalue weighted by Crippen LogP contribution is -2.33. The molecule has 4 nitrogen and oxygen atoms in total. The van der Waals surface area contributed by atoms with Crippen molar-refractivity contribution in [2.45, 2.75) is 89.4 Å². The summed E-state index contributed by atoms with van der Waals surface area (Å²) in [6, 6.07) is 0. The van der Waals surface area contributed by atoms with Crippen LogP contribution in [-0.2, 0) is 9.47 Å². The molecule has 0 aromatic carbocycles. The van der Waals surface area contributed by atoms with E-state index in [1.807, 2.05) is 0 Å². The molecule has 0 aromatic heterocycles. The van der Waals surface area contributed by atoms with Crippen molar-refractivity contribution in [3.63, 3.8) is 0 Å². The van der Waals surface area contributed by atoms with E-state index in [0.717, 1.165) is 13.0 Å². The van der Waals surface area contributed by atoms with Crippen LogP contribution >= 0.6 is 0 Å². The fourth-order valence-corrected chi connectivity index (χ4v) is 2.70. The predicted octanol–water partition coefficient (Wildman–Crippen LogP) is 3.04. The first-order chi connectivity index (χ1) is 10.3. The number of aliphatic hydroxyl groups is 2. The third-order valence-electron chi connectivity index (χ3n) is 4.18. The van der Waals surface area contributed by atoms with Gasteiger partial charge in [-0.05, 0) is 6.42 Å². The Morgan fingerprint density at radius 2 is 1.48 bits per heavy atom. The van der Waals surface area contributed by atoms with Crippen LogP contribution in [0.1, 0.15) is 71.1 Å². The summed E-state index contributed by atoms with van der Waals surface area (Å²) >= 11 is 0. The first-order valence-electron chi connectivity index (χ1n) is 8.81. The zero-order valence-corrected chi connectivity index (χ0v) is 13.6. The van der Waals surface area contributed by atoms with E-state index in [0.29, 0.717) is 6.61 Å². The van der Waals surface area contributed by atoms with Crippen LogP contribution in [0.3, 0.4) is 0 Å². The van der Waals surface area contributed by atoms with E-state index in [2.05, 4.69) is 6.92 Å². The first-order valence-corrected chi connectivity index (χ1v) is 8.81. The molecule has 4 heteroatoms. The molecule has 1 heterocycles. The lowest BCUT2D eigenvalue weighted by molar-refractivity contribution is -0.0306. The highest BCUT2D eigenvalue weighted by molar-refractivity contribution is 4.82. The van der Waals surface area contributed by atoms with Crippen molar-refractivity contribution in [2.75, 3.05) is 19.8 Å². The minimum Gasteiger partial charge on any atom is -0.388 e. The smallest absolute Gasteiger partial charge is 0.110 e. The highest BCUT2D eigenvalue weighted by Gasteiger charge is 2.34. The van der Waals surface area contributed by atoms with Gasteiger partial charge in [-0.15, -0.1) is 0 Å². The largest absolute Gasteiger partial charge is 0.388 e. The van der Waals surface area contributed by atoms with Crippen molar-refractivity contribution in [1.29, 1.82) is 0 Å². The van der Waals surface area contributed by atoms with E-state index in [9.17, 15) is 10.2 Å². The second kappa shape index (κ2) is 12.4. The molecule has 2 N–H and O–H groups in total. The fraction of sp³-hybridized carbons (Fsp3) is 1.00. The second-order valence-corrected chi connectivity index (χ2v) is 6.19. The number of rotatable bonds is 13. The number of hydrogen-bond acceptors (Lipinski definition) is 4. The molecule has 0 amide bonds. The number of aliphatic hydroxyl groups excluding tert-OH is 2. The van der Waals surface area contributed by atoms with Crippen LogP contribution in [0.25, 0.3) is 0 Å². The van der Waals surface area contributed by atoms with E-state index in [1.54, 1.807) is 0 Å². The van der Waals surface area contributed by atoms with Crippen LogP contribution < -0.4 is 0 Å². The fourth-order valence-electron chi connectivity index (χ4n) is 2.70. The Balaban J connectivity index is 1.77.